The molecule has 110 valence electrons. The molecule has 2 fully saturated rings. The zero-order chi connectivity index (χ0) is 13.1. The van der Waals surface area contributed by atoms with Crippen molar-refractivity contribution >= 4 is 5.78 Å². The van der Waals surface area contributed by atoms with Crippen molar-refractivity contribution in [3.63, 3.8) is 0 Å². The maximum atomic E-state index is 12.8. The number of carbonyl (C=O) groups excluding carboxylic acids is 1. The Morgan fingerprint density at radius 1 is 1.00 bits per heavy atom. The maximum Gasteiger partial charge on any atom is 0.143 e. The molecule has 0 amide bonds. The fourth-order valence-corrected chi connectivity index (χ4v) is 3.86. The van der Waals surface area contributed by atoms with Gasteiger partial charge in [0, 0.05) is 6.42 Å². The van der Waals surface area contributed by atoms with Crippen LogP contribution in [-0.4, -0.2) is 5.78 Å². The minimum Gasteiger partial charge on any atom is -1.00 e. The highest BCUT2D eigenvalue weighted by Gasteiger charge is 2.45. The van der Waals surface area contributed by atoms with Crippen LogP contribution < -0.4 is 12.4 Å². The fourth-order valence-electron chi connectivity index (χ4n) is 3.86. The average molecular weight is 292 g/mol. The van der Waals surface area contributed by atoms with Gasteiger partial charge in [-0.2, -0.15) is 0 Å². The third-order valence-electron chi connectivity index (χ3n) is 5.27. The maximum absolute atomic E-state index is 12.8. The first kappa shape index (κ1) is 15.6. The van der Waals surface area contributed by atoms with E-state index < -0.39 is 0 Å². The molecule has 0 aromatic heterocycles. The molecule has 0 spiro atoms. The first-order chi connectivity index (χ1) is 9.31. The van der Waals surface area contributed by atoms with Crippen LogP contribution in [0.3, 0.4) is 0 Å². The Morgan fingerprint density at radius 2 is 1.65 bits per heavy atom. The van der Waals surface area contributed by atoms with Gasteiger partial charge in [-0.05, 0) is 24.3 Å². The smallest absolute Gasteiger partial charge is 0.143 e. The predicted octanol–water partition coefficient (Wildman–Crippen LogP) is 1.65. The molecule has 0 radical (unpaired) electrons. The highest BCUT2D eigenvalue weighted by molar-refractivity contribution is 5.91. The Balaban J connectivity index is 0.00000147. The largest absolute Gasteiger partial charge is 1.00 e. The Labute approximate surface area is 128 Å². The number of halogens is 1. The van der Waals surface area contributed by atoms with Gasteiger partial charge in [-0.1, -0.05) is 68.9 Å². The van der Waals surface area contributed by atoms with Crippen molar-refractivity contribution < 1.29 is 17.2 Å². The molecule has 20 heavy (non-hydrogen) atoms. The van der Waals surface area contributed by atoms with Crippen LogP contribution in [0.1, 0.15) is 63.4 Å². The molecule has 2 heteroatoms. The van der Waals surface area contributed by atoms with Gasteiger partial charge in [-0.3, -0.25) is 4.79 Å². The number of Topliss-reactive ketones (excluding diaryl/α,β-unsaturated/α-hetero) is 1. The molecule has 3 rings (SSSR count). The highest BCUT2D eigenvalue weighted by atomic mass is 35.5. The topological polar surface area (TPSA) is 17.1 Å². The van der Waals surface area contributed by atoms with Crippen LogP contribution in [0.15, 0.2) is 30.3 Å². The van der Waals surface area contributed by atoms with Crippen LogP contribution in [0.2, 0.25) is 0 Å². The quantitative estimate of drug-likeness (QED) is 0.824. The Morgan fingerprint density at radius 3 is 2.20 bits per heavy atom. The third kappa shape index (κ3) is 2.93. The van der Waals surface area contributed by atoms with Crippen molar-refractivity contribution in [2.45, 2.75) is 63.2 Å². The molecule has 0 atom stereocenters. The zero-order valence-corrected chi connectivity index (χ0v) is 12.9. The van der Waals surface area contributed by atoms with Crippen LogP contribution in [0.4, 0.5) is 0 Å². The summed E-state index contributed by atoms with van der Waals surface area (Å²) in [6.07, 6.45) is 10.8. The highest BCUT2D eigenvalue weighted by Crippen LogP contribution is 2.46. The molecule has 0 heterocycles. The van der Waals surface area contributed by atoms with Crippen molar-refractivity contribution in [3.8, 4) is 0 Å². The van der Waals surface area contributed by atoms with E-state index in [0.29, 0.717) is 11.7 Å². The van der Waals surface area contributed by atoms with Gasteiger partial charge in [0.25, 0.3) is 0 Å². The standard InChI is InChI=1S/C18H24O.ClH/c19-17(14-15-8-3-1-4-9-15)18(12-7-13-18)16-10-5-2-6-11-16;/h2,5-6,10-11,15H,1,3-4,7-9,12-14H2;1H/p-1. The average Bonchev–Trinajstić information content (AvgIpc) is 2.40. The van der Waals surface area contributed by atoms with Gasteiger partial charge in [0.2, 0.25) is 0 Å². The van der Waals surface area contributed by atoms with E-state index >= 15 is 0 Å². The summed E-state index contributed by atoms with van der Waals surface area (Å²) in [4.78, 5) is 12.8. The zero-order valence-electron chi connectivity index (χ0n) is 12.1. The molecular formula is C18H24ClO-. The first-order valence-electron chi connectivity index (χ1n) is 7.90. The van der Waals surface area contributed by atoms with Crippen LogP contribution in [0.5, 0.6) is 0 Å². The molecule has 1 aromatic carbocycles. The van der Waals surface area contributed by atoms with Gasteiger partial charge in [0.15, 0.2) is 0 Å². The van der Waals surface area contributed by atoms with Gasteiger partial charge in [-0.15, -0.1) is 0 Å². The third-order valence-corrected chi connectivity index (χ3v) is 5.27. The van der Waals surface area contributed by atoms with E-state index in [2.05, 4.69) is 24.3 Å². The van der Waals surface area contributed by atoms with Crippen LogP contribution in [0, 0.1) is 5.92 Å². The van der Waals surface area contributed by atoms with Crippen molar-refractivity contribution in [2.24, 2.45) is 5.92 Å². The van der Waals surface area contributed by atoms with E-state index in [1.807, 2.05) is 6.07 Å². The monoisotopic (exact) mass is 291 g/mol. The second kappa shape index (κ2) is 6.76. The summed E-state index contributed by atoms with van der Waals surface area (Å²) in [6, 6.07) is 10.5. The molecule has 2 saturated carbocycles. The molecule has 1 aromatic rings. The van der Waals surface area contributed by atoms with E-state index in [1.165, 1.54) is 44.1 Å². The van der Waals surface area contributed by atoms with E-state index in [0.717, 1.165) is 19.3 Å². The minimum atomic E-state index is -0.112. The lowest BCUT2D eigenvalue weighted by atomic mass is 9.60. The Bertz CT molecular complexity index is 430. The summed E-state index contributed by atoms with van der Waals surface area (Å²) in [5.41, 5.74) is 1.15. The number of hydrogen-bond acceptors (Lipinski definition) is 1. The van der Waals surface area contributed by atoms with Crippen molar-refractivity contribution in [2.75, 3.05) is 0 Å². The van der Waals surface area contributed by atoms with Gasteiger partial charge in [-0.25, -0.2) is 0 Å². The Hall–Kier alpha value is -0.820. The van der Waals surface area contributed by atoms with Gasteiger partial charge >= 0.3 is 0 Å². The lowest BCUT2D eigenvalue weighted by Gasteiger charge is -2.42. The van der Waals surface area contributed by atoms with E-state index in [-0.39, 0.29) is 17.8 Å². The summed E-state index contributed by atoms with van der Waals surface area (Å²) < 4.78 is 0. The van der Waals surface area contributed by atoms with Gasteiger partial charge in [0.05, 0.1) is 5.41 Å². The van der Waals surface area contributed by atoms with Crippen LogP contribution >= 0.6 is 0 Å². The normalized spacial score (nSPS) is 21.6. The second-order valence-electron chi connectivity index (χ2n) is 6.43. The first-order valence-corrected chi connectivity index (χ1v) is 7.90. The Kier molecular flexibility index (Phi) is 5.26. The van der Waals surface area contributed by atoms with Crippen molar-refractivity contribution in [1.82, 2.24) is 0 Å². The summed E-state index contributed by atoms with van der Waals surface area (Å²) in [7, 11) is 0. The van der Waals surface area contributed by atoms with Crippen LogP contribution in [-0.2, 0) is 10.2 Å². The lowest BCUT2D eigenvalue weighted by Crippen LogP contribution is -3.00. The summed E-state index contributed by atoms with van der Waals surface area (Å²) in [6.45, 7) is 0. The van der Waals surface area contributed by atoms with E-state index in [1.54, 1.807) is 0 Å². The number of ketones is 1. The molecule has 0 bridgehead atoms. The minimum absolute atomic E-state index is 0. The predicted molar refractivity (Wildman–Crippen MR) is 78.2 cm³/mol. The molecular weight excluding hydrogens is 268 g/mol. The van der Waals surface area contributed by atoms with Gasteiger partial charge < -0.3 is 12.4 Å². The molecule has 2 aliphatic rings. The SMILES string of the molecule is O=C(CC1CCCCC1)C1(c2ccccc2)CCC1.[Cl-]. The fraction of sp³-hybridized carbons (Fsp3) is 0.611. The van der Waals surface area contributed by atoms with Crippen LogP contribution in [0.25, 0.3) is 0 Å². The van der Waals surface area contributed by atoms with Gasteiger partial charge in [0.1, 0.15) is 5.78 Å². The second-order valence-corrected chi connectivity index (χ2v) is 6.43. The molecule has 0 aliphatic heterocycles. The van der Waals surface area contributed by atoms with Crippen molar-refractivity contribution in [1.29, 1.82) is 0 Å². The molecule has 1 nitrogen and oxygen atoms in total. The lowest BCUT2D eigenvalue weighted by molar-refractivity contribution is -0.128. The number of benzene rings is 1. The van der Waals surface area contributed by atoms with Crippen molar-refractivity contribution in [3.05, 3.63) is 35.9 Å². The van der Waals surface area contributed by atoms with E-state index in [9.17, 15) is 4.79 Å². The summed E-state index contributed by atoms with van der Waals surface area (Å²) in [5, 5.41) is 0. The summed E-state index contributed by atoms with van der Waals surface area (Å²) in [5.74, 6) is 1.19. The number of hydrogen-bond donors (Lipinski definition) is 0. The molecule has 2 aliphatic carbocycles. The molecule has 0 saturated heterocycles. The summed E-state index contributed by atoms with van der Waals surface area (Å²) >= 11 is 0. The number of rotatable bonds is 4. The number of carbonyl (C=O) groups is 1. The molecule has 0 unspecified atom stereocenters. The van der Waals surface area contributed by atoms with E-state index in [4.69, 9.17) is 0 Å². The molecule has 0 N–H and O–H groups in total.